The van der Waals surface area contributed by atoms with E-state index in [9.17, 15) is 0 Å². The van der Waals surface area contributed by atoms with Gasteiger partial charge in [0.1, 0.15) is 16.1 Å². The Hall–Kier alpha value is -0.520. The Morgan fingerprint density at radius 1 is 1.31 bits per heavy atom. The maximum absolute atomic E-state index is 5.23. The third-order valence-corrected chi connectivity index (χ3v) is 3.70. The molecule has 92 valence electrons. The quantitative estimate of drug-likeness (QED) is 0.800. The summed E-state index contributed by atoms with van der Waals surface area (Å²) in [6.07, 6.45) is 2.21. The number of aromatic nitrogens is 2. The zero-order chi connectivity index (χ0) is 12.0. The fourth-order valence-corrected chi connectivity index (χ4v) is 2.41. The second-order valence-electron chi connectivity index (χ2n) is 3.77. The summed E-state index contributed by atoms with van der Waals surface area (Å²) in [6.45, 7) is 7.34. The van der Waals surface area contributed by atoms with Gasteiger partial charge in [-0.25, -0.2) is 0 Å². The summed E-state index contributed by atoms with van der Waals surface area (Å²) in [6, 6.07) is 0.329. The van der Waals surface area contributed by atoms with Crippen LogP contribution >= 0.6 is 11.3 Å². The van der Waals surface area contributed by atoms with Crippen LogP contribution < -0.4 is 5.32 Å². The van der Waals surface area contributed by atoms with Crippen molar-refractivity contribution in [2.45, 2.75) is 45.8 Å². The van der Waals surface area contributed by atoms with Crippen molar-refractivity contribution in [2.75, 3.05) is 13.7 Å². The van der Waals surface area contributed by atoms with Crippen LogP contribution in [-0.2, 0) is 4.74 Å². The molecular formula is C11H21N3OS. The molecule has 0 aliphatic rings. The Kier molecular flexibility index (Phi) is 5.87. The molecule has 1 aromatic heterocycles. The highest BCUT2D eigenvalue weighted by Gasteiger charge is 2.16. The van der Waals surface area contributed by atoms with Gasteiger partial charge in [0.25, 0.3) is 0 Å². The first-order chi connectivity index (χ1) is 7.72. The average molecular weight is 243 g/mol. The molecule has 0 aliphatic heterocycles. The van der Waals surface area contributed by atoms with Gasteiger partial charge in [0.2, 0.25) is 0 Å². The van der Waals surface area contributed by atoms with E-state index in [2.05, 4.69) is 29.4 Å². The number of hydrogen-bond donors (Lipinski definition) is 1. The number of ether oxygens (including phenoxy) is 1. The van der Waals surface area contributed by atoms with Crippen molar-refractivity contribution in [3.63, 3.8) is 0 Å². The summed E-state index contributed by atoms with van der Waals surface area (Å²) in [5.41, 5.74) is 0. The minimum atomic E-state index is 0.0370. The molecule has 0 fully saturated rings. The van der Waals surface area contributed by atoms with Gasteiger partial charge in [-0.1, -0.05) is 25.2 Å². The fraction of sp³-hybridized carbons (Fsp3) is 0.818. The molecule has 4 nitrogen and oxygen atoms in total. The highest BCUT2D eigenvalue weighted by molar-refractivity contribution is 7.11. The van der Waals surface area contributed by atoms with Crippen LogP contribution in [0.1, 0.15) is 55.8 Å². The van der Waals surface area contributed by atoms with Crippen LogP contribution in [0.25, 0.3) is 0 Å². The second-order valence-corrected chi connectivity index (χ2v) is 4.81. The Bertz CT molecular complexity index is 303. The van der Waals surface area contributed by atoms with Crippen LogP contribution in [0.5, 0.6) is 0 Å². The number of hydrogen-bond acceptors (Lipinski definition) is 5. The van der Waals surface area contributed by atoms with Crippen molar-refractivity contribution >= 4 is 11.3 Å². The van der Waals surface area contributed by atoms with E-state index in [1.165, 1.54) is 0 Å². The first-order valence-electron chi connectivity index (χ1n) is 5.82. The maximum Gasteiger partial charge on any atom is 0.146 e. The van der Waals surface area contributed by atoms with E-state index in [1.54, 1.807) is 18.4 Å². The first-order valence-corrected chi connectivity index (χ1v) is 6.64. The van der Waals surface area contributed by atoms with E-state index >= 15 is 0 Å². The van der Waals surface area contributed by atoms with Gasteiger partial charge in [0, 0.05) is 7.11 Å². The summed E-state index contributed by atoms with van der Waals surface area (Å²) in [4.78, 5) is 0. The molecule has 2 unspecified atom stereocenters. The first kappa shape index (κ1) is 13.5. The van der Waals surface area contributed by atoms with E-state index in [0.717, 1.165) is 29.4 Å². The molecule has 2 atom stereocenters. The van der Waals surface area contributed by atoms with Crippen LogP contribution in [0, 0.1) is 0 Å². The van der Waals surface area contributed by atoms with E-state index < -0.39 is 0 Å². The monoisotopic (exact) mass is 243 g/mol. The molecule has 0 amide bonds. The van der Waals surface area contributed by atoms with E-state index in [1.807, 2.05) is 6.92 Å². The molecule has 16 heavy (non-hydrogen) atoms. The van der Waals surface area contributed by atoms with Crippen LogP contribution in [0.4, 0.5) is 0 Å². The molecule has 1 N–H and O–H groups in total. The van der Waals surface area contributed by atoms with E-state index in [0.29, 0.717) is 6.04 Å². The molecule has 0 aromatic carbocycles. The van der Waals surface area contributed by atoms with Gasteiger partial charge in [-0.05, 0) is 26.3 Å². The van der Waals surface area contributed by atoms with Crippen molar-refractivity contribution < 1.29 is 4.74 Å². The lowest BCUT2D eigenvalue weighted by Crippen LogP contribution is -2.21. The molecule has 0 saturated heterocycles. The van der Waals surface area contributed by atoms with Gasteiger partial charge in [-0.3, -0.25) is 0 Å². The Balaban J connectivity index is 2.66. The van der Waals surface area contributed by atoms with Crippen LogP contribution in [-0.4, -0.2) is 23.9 Å². The minimum Gasteiger partial charge on any atom is -0.374 e. The maximum atomic E-state index is 5.23. The SMILES string of the molecule is CCCNC(CC)c1nnc(C(C)OC)s1. The Morgan fingerprint density at radius 3 is 2.56 bits per heavy atom. The Labute approximate surface area is 101 Å². The summed E-state index contributed by atoms with van der Waals surface area (Å²) in [5, 5.41) is 13.9. The summed E-state index contributed by atoms with van der Waals surface area (Å²) < 4.78 is 5.23. The Morgan fingerprint density at radius 2 is 2.00 bits per heavy atom. The molecule has 1 rings (SSSR count). The van der Waals surface area contributed by atoms with Gasteiger partial charge in [0.05, 0.1) is 6.04 Å². The molecule has 0 bridgehead atoms. The van der Waals surface area contributed by atoms with Crippen molar-refractivity contribution in [3.8, 4) is 0 Å². The molecule has 0 saturated carbocycles. The molecule has 5 heteroatoms. The predicted octanol–water partition coefficient (Wildman–Crippen LogP) is 2.70. The third kappa shape index (κ3) is 3.50. The average Bonchev–Trinajstić information content (AvgIpc) is 2.78. The van der Waals surface area contributed by atoms with E-state index in [-0.39, 0.29) is 6.10 Å². The number of methoxy groups -OCH3 is 1. The predicted molar refractivity (Wildman–Crippen MR) is 66.7 cm³/mol. The van der Waals surface area contributed by atoms with Crippen molar-refractivity contribution in [2.24, 2.45) is 0 Å². The lowest BCUT2D eigenvalue weighted by molar-refractivity contribution is 0.118. The molecule has 1 heterocycles. The summed E-state index contributed by atoms with van der Waals surface area (Å²) >= 11 is 1.64. The number of nitrogens with one attached hydrogen (secondary N) is 1. The van der Waals surface area contributed by atoms with Crippen LogP contribution in [0.2, 0.25) is 0 Å². The van der Waals surface area contributed by atoms with Crippen molar-refractivity contribution in [1.82, 2.24) is 15.5 Å². The number of nitrogens with zero attached hydrogens (tertiary/aromatic N) is 2. The van der Waals surface area contributed by atoms with Crippen molar-refractivity contribution in [1.29, 1.82) is 0 Å². The van der Waals surface area contributed by atoms with Gasteiger partial charge in [-0.2, -0.15) is 0 Å². The largest absolute Gasteiger partial charge is 0.374 e. The van der Waals surface area contributed by atoms with Gasteiger partial charge in [-0.15, -0.1) is 10.2 Å². The minimum absolute atomic E-state index is 0.0370. The lowest BCUT2D eigenvalue weighted by atomic mass is 10.2. The van der Waals surface area contributed by atoms with Crippen LogP contribution in [0.3, 0.4) is 0 Å². The molecule has 1 aromatic rings. The van der Waals surface area contributed by atoms with Gasteiger partial charge < -0.3 is 10.1 Å². The molecule has 0 spiro atoms. The highest BCUT2D eigenvalue weighted by Crippen LogP contribution is 2.25. The summed E-state index contributed by atoms with van der Waals surface area (Å²) in [5.74, 6) is 0. The molecular weight excluding hydrogens is 222 g/mol. The number of rotatable bonds is 7. The summed E-state index contributed by atoms with van der Waals surface area (Å²) in [7, 11) is 1.69. The third-order valence-electron chi connectivity index (χ3n) is 2.50. The smallest absolute Gasteiger partial charge is 0.146 e. The zero-order valence-corrected chi connectivity index (χ0v) is 11.3. The molecule has 0 aliphatic carbocycles. The standard InChI is InChI=1S/C11H21N3OS/c1-5-7-12-9(6-2)11-14-13-10(16-11)8(3)15-4/h8-9,12H,5-7H2,1-4H3. The van der Waals surface area contributed by atoms with Gasteiger partial charge >= 0.3 is 0 Å². The molecule has 0 radical (unpaired) electrons. The van der Waals surface area contributed by atoms with Gasteiger partial charge in [0.15, 0.2) is 0 Å². The highest BCUT2D eigenvalue weighted by atomic mass is 32.1. The normalized spacial score (nSPS) is 15.0. The second kappa shape index (κ2) is 6.93. The lowest BCUT2D eigenvalue weighted by Gasteiger charge is -2.12. The van der Waals surface area contributed by atoms with Crippen LogP contribution in [0.15, 0.2) is 0 Å². The van der Waals surface area contributed by atoms with Crippen molar-refractivity contribution in [3.05, 3.63) is 10.0 Å². The topological polar surface area (TPSA) is 47.0 Å². The zero-order valence-electron chi connectivity index (χ0n) is 10.5. The van der Waals surface area contributed by atoms with E-state index in [4.69, 9.17) is 4.74 Å². The fourth-order valence-electron chi connectivity index (χ4n) is 1.38.